The van der Waals surface area contributed by atoms with Crippen molar-refractivity contribution in [3.05, 3.63) is 42.0 Å². The predicted octanol–water partition coefficient (Wildman–Crippen LogP) is 2.66. The molecule has 0 bridgehead atoms. The standard InChI is InChI=1S/C10H6FNO3S/c11-6-2-1-3-7(8(6)9(13)14)16-10-12-4-5-15-10/h1-5H,(H,13,14). The van der Waals surface area contributed by atoms with Crippen molar-refractivity contribution < 1.29 is 18.7 Å². The molecule has 1 heterocycles. The first-order chi connectivity index (χ1) is 7.68. The summed E-state index contributed by atoms with van der Waals surface area (Å²) in [6, 6.07) is 4.04. The third-order valence-corrected chi connectivity index (χ3v) is 2.73. The molecule has 2 aromatic rings. The number of hydrogen-bond acceptors (Lipinski definition) is 4. The predicted molar refractivity (Wildman–Crippen MR) is 54.0 cm³/mol. The highest BCUT2D eigenvalue weighted by atomic mass is 32.2. The number of carboxylic acids is 1. The van der Waals surface area contributed by atoms with Crippen LogP contribution in [0, 0.1) is 5.82 Å². The van der Waals surface area contributed by atoms with E-state index < -0.39 is 11.8 Å². The van der Waals surface area contributed by atoms with E-state index in [1.165, 1.54) is 24.6 Å². The fraction of sp³-hybridized carbons (Fsp3) is 0. The molecule has 0 amide bonds. The number of nitrogens with zero attached hydrogens (tertiary/aromatic N) is 1. The van der Waals surface area contributed by atoms with E-state index >= 15 is 0 Å². The van der Waals surface area contributed by atoms with Gasteiger partial charge in [0, 0.05) is 4.90 Å². The Balaban J connectivity index is 2.40. The number of halogens is 1. The summed E-state index contributed by atoms with van der Waals surface area (Å²) in [6.45, 7) is 0. The molecule has 0 aliphatic heterocycles. The van der Waals surface area contributed by atoms with E-state index in [1.54, 1.807) is 0 Å². The first-order valence-corrected chi connectivity index (χ1v) is 5.09. The molecule has 1 aromatic heterocycles. The highest BCUT2D eigenvalue weighted by Crippen LogP contribution is 2.30. The normalized spacial score (nSPS) is 10.3. The van der Waals surface area contributed by atoms with Crippen LogP contribution in [0.3, 0.4) is 0 Å². The van der Waals surface area contributed by atoms with Gasteiger partial charge in [0.25, 0.3) is 5.22 Å². The van der Waals surface area contributed by atoms with Gasteiger partial charge in [-0.15, -0.1) is 0 Å². The Morgan fingerprint density at radius 2 is 2.31 bits per heavy atom. The van der Waals surface area contributed by atoms with E-state index in [4.69, 9.17) is 9.52 Å². The fourth-order valence-corrected chi connectivity index (χ4v) is 1.99. The summed E-state index contributed by atoms with van der Waals surface area (Å²) >= 11 is 0.965. The molecular formula is C10H6FNO3S. The Labute approximate surface area is 94.1 Å². The largest absolute Gasteiger partial charge is 0.478 e. The number of rotatable bonds is 3. The van der Waals surface area contributed by atoms with Gasteiger partial charge in [0.15, 0.2) is 0 Å². The van der Waals surface area contributed by atoms with Crippen LogP contribution in [0.15, 0.2) is 45.2 Å². The van der Waals surface area contributed by atoms with Crippen molar-refractivity contribution in [3.8, 4) is 0 Å². The summed E-state index contributed by atoms with van der Waals surface area (Å²) in [5, 5.41) is 9.14. The molecule has 0 radical (unpaired) electrons. The quantitative estimate of drug-likeness (QED) is 0.892. The van der Waals surface area contributed by atoms with Crippen molar-refractivity contribution >= 4 is 17.7 Å². The molecule has 1 N–H and O–H groups in total. The van der Waals surface area contributed by atoms with Gasteiger partial charge in [0.1, 0.15) is 17.6 Å². The van der Waals surface area contributed by atoms with Gasteiger partial charge in [-0.05, 0) is 23.9 Å². The number of oxazole rings is 1. The second kappa shape index (κ2) is 4.36. The van der Waals surface area contributed by atoms with E-state index in [0.717, 1.165) is 17.8 Å². The minimum absolute atomic E-state index is 0.259. The van der Waals surface area contributed by atoms with Crippen LogP contribution in [0.4, 0.5) is 4.39 Å². The first kappa shape index (κ1) is 10.7. The smallest absolute Gasteiger partial charge is 0.339 e. The summed E-state index contributed by atoms with van der Waals surface area (Å²) in [4.78, 5) is 14.9. The van der Waals surface area contributed by atoms with E-state index in [0.29, 0.717) is 0 Å². The fourth-order valence-electron chi connectivity index (χ4n) is 1.15. The van der Waals surface area contributed by atoms with Crippen molar-refractivity contribution in [2.75, 3.05) is 0 Å². The van der Waals surface area contributed by atoms with E-state index in [1.807, 2.05) is 0 Å². The Morgan fingerprint density at radius 3 is 2.94 bits per heavy atom. The molecule has 0 aliphatic rings. The zero-order valence-corrected chi connectivity index (χ0v) is 8.70. The lowest BCUT2D eigenvalue weighted by atomic mass is 10.2. The lowest BCUT2D eigenvalue weighted by Gasteiger charge is -2.03. The van der Waals surface area contributed by atoms with Gasteiger partial charge < -0.3 is 9.52 Å². The molecule has 2 rings (SSSR count). The second-order valence-electron chi connectivity index (χ2n) is 2.82. The monoisotopic (exact) mass is 239 g/mol. The van der Waals surface area contributed by atoms with Crippen LogP contribution < -0.4 is 0 Å². The minimum atomic E-state index is -1.31. The van der Waals surface area contributed by atoms with Gasteiger partial charge in [0.2, 0.25) is 0 Å². The Morgan fingerprint density at radius 1 is 1.50 bits per heavy atom. The van der Waals surface area contributed by atoms with Crippen molar-refractivity contribution in [3.63, 3.8) is 0 Å². The molecule has 0 saturated carbocycles. The van der Waals surface area contributed by atoms with Crippen molar-refractivity contribution in [2.24, 2.45) is 0 Å². The molecule has 0 spiro atoms. The number of aromatic carboxylic acids is 1. The minimum Gasteiger partial charge on any atom is -0.478 e. The topological polar surface area (TPSA) is 63.3 Å². The number of hydrogen-bond donors (Lipinski definition) is 1. The third kappa shape index (κ3) is 2.06. The molecular weight excluding hydrogens is 233 g/mol. The SMILES string of the molecule is O=C(O)c1c(F)cccc1Sc1ncco1. The van der Waals surface area contributed by atoms with Gasteiger partial charge in [-0.2, -0.15) is 0 Å². The maximum absolute atomic E-state index is 13.3. The van der Waals surface area contributed by atoms with Gasteiger partial charge in [-0.3, -0.25) is 0 Å². The van der Waals surface area contributed by atoms with Crippen LogP contribution in [0.1, 0.15) is 10.4 Å². The second-order valence-corrected chi connectivity index (χ2v) is 3.81. The number of carbonyl (C=O) groups is 1. The number of aromatic nitrogens is 1. The average Bonchev–Trinajstić information content (AvgIpc) is 2.70. The molecule has 16 heavy (non-hydrogen) atoms. The lowest BCUT2D eigenvalue weighted by Crippen LogP contribution is -2.02. The van der Waals surface area contributed by atoms with Gasteiger partial charge in [-0.1, -0.05) is 6.07 Å². The summed E-state index contributed by atoms with van der Waals surface area (Å²) in [5.74, 6) is -2.09. The van der Waals surface area contributed by atoms with Gasteiger partial charge in [0.05, 0.1) is 6.20 Å². The third-order valence-electron chi connectivity index (χ3n) is 1.80. The summed E-state index contributed by atoms with van der Waals surface area (Å²) in [7, 11) is 0. The van der Waals surface area contributed by atoms with Crippen molar-refractivity contribution in [1.82, 2.24) is 4.98 Å². The molecule has 0 saturated heterocycles. The molecule has 82 valence electrons. The van der Waals surface area contributed by atoms with Crippen molar-refractivity contribution in [2.45, 2.75) is 10.1 Å². The lowest BCUT2D eigenvalue weighted by molar-refractivity contribution is 0.0688. The number of carboxylic acid groups (broad SMARTS) is 1. The Hall–Kier alpha value is -1.82. The van der Waals surface area contributed by atoms with Crippen LogP contribution in [-0.4, -0.2) is 16.1 Å². The molecule has 0 aliphatic carbocycles. The summed E-state index contributed by atoms with van der Waals surface area (Å²) in [5.41, 5.74) is -0.370. The van der Waals surface area contributed by atoms with Crippen LogP contribution >= 0.6 is 11.8 Å². The summed E-state index contributed by atoms with van der Waals surface area (Å²) in [6.07, 6.45) is 2.80. The zero-order chi connectivity index (χ0) is 11.5. The Kier molecular flexibility index (Phi) is 2.91. The van der Waals surface area contributed by atoms with Crippen LogP contribution in [-0.2, 0) is 0 Å². The van der Waals surface area contributed by atoms with Crippen LogP contribution in [0.5, 0.6) is 0 Å². The van der Waals surface area contributed by atoms with E-state index in [9.17, 15) is 9.18 Å². The molecule has 0 atom stereocenters. The van der Waals surface area contributed by atoms with E-state index in [2.05, 4.69) is 4.98 Å². The van der Waals surface area contributed by atoms with Gasteiger partial charge in [-0.25, -0.2) is 14.2 Å². The molecule has 6 heteroatoms. The Bertz CT molecular complexity index is 513. The summed E-state index contributed by atoms with van der Waals surface area (Å²) < 4.78 is 18.2. The maximum Gasteiger partial charge on any atom is 0.339 e. The van der Waals surface area contributed by atoms with Crippen LogP contribution in [0.25, 0.3) is 0 Å². The molecule has 0 fully saturated rings. The molecule has 1 aromatic carbocycles. The van der Waals surface area contributed by atoms with Crippen LogP contribution in [0.2, 0.25) is 0 Å². The van der Waals surface area contributed by atoms with Gasteiger partial charge >= 0.3 is 5.97 Å². The highest BCUT2D eigenvalue weighted by molar-refractivity contribution is 7.99. The van der Waals surface area contributed by atoms with E-state index in [-0.39, 0.29) is 15.7 Å². The average molecular weight is 239 g/mol. The first-order valence-electron chi connectivity index (χ1n) is 4.27. The molecule has 0 unspecified atom stereocenters. The zero-order valence-electron chi connectivity index (χ0n) is 7.88. The maximum atomic E-state index is 13.3. The van der Waals surface area contributed by atoms with Crippen molar-refractivity contribution in [1.29, 1.82) is 0 Å². The number of benzene rings is 1. The highest BCUT2D eigenvalue weighted by Gasteiger charge is 2.17. The molecule has 4 nitrogen and oxygen atoms in total.